The summed E-state index contributed by atoms with van der Waals surface area (Å²) in [6.45, 7) is 15.2. The van der Waals surface area contributed by atoms with Gasteiger partial charge in [-0.25, -0.2) is 0 Å². The molecule has 0 unspecified atom stereocenters. The molecule has 0 atom stereocenters. The van der Waals surface area contributed by atoms with Gasteiger partial charge in [0.05, 0.1) is 0 Å². The van der Waals surface area contributed by atoms with Gasteiger partial charge in [-0.15, -0.1) is 0 Å². The molecule has 21 heavy (non-hydrogen) atoms. The summed E-state index contributed by atoms with van der Waals surface area (Å²) >= 11 is 0. The summed E-state index contributed by atoms with van der Waals surface area (Å²) in [7, 11) is 0. The Labute approximate surface area is 132 Å². The molecule has 2 saturated heterocycles. The van der Waals surface area contributed by atoms with Gasteiger partial charge in [0.2, 0.25) is 0 Å². The van der Waals surface area contributed by atoms with Crippen molar-refractivity contribution in [1.29, 1.82) is 0 Å². The van der Waals surface area contributed by atoms with Gasteiger partial charge in [-0.05, 0) is 58.0 Å². The predicted octanol–water partition coefficient (Wildman–Crippen LogP) is 3.09. The number of piperidine rings is 2. The summed E-state index contributed by atoms with van der Waals surface area (Å²) in [6.07, 6.45) is 7.94. The summed E-state index contributed by atoms with van der Waals surface area (Å²) in [5.74, 6) is 0. The zero-order valence-electron chi connectivity index (χ0n) is 14.8. The highest BCUT2D eigenvalue weighted by Gasteiger charge is 2.42. The summed E-state index contributed by atoms with van der Waals surface area (Å²) in [5, 5.41) is 0. The van der Waals surface area contributed by atoms with E-state index < -0.39 is 0 Å². The van der Waals surface area contributed by atoms with Crippen molar-refractivity contribution in [2.24, 2.45) is 11.1 Å². The third-order valence-corrected chi connectivity index (χ3v) is 6.83. The van der Waals surface area contributed by atoms with Crippen LogP contribution in [0.15, 0.2) is 0 Å². The molecule has 0 aromatic rings. The Morgan fingerprint density at radius 3 is 1.81 bits per heavy atom. The van der Waals surface area contributed by atoms with E-state index in [-0.39, 0.29) is 0 Å². The monoisotopic (exact) mass is 295 g/mol. The second kappa shape index (κ2) is 6.97. The van der Waals surface area contributed by atoms with Crippen LogP contribution in [0.25, 0.3) is 0 Å². The lowest BCUT2D eigenvalue weighted by atomic mass is 9.72. The quantitative estimate of drug-likeness (QED) is 0.846. The minimum absolute atomic E-state index is 0.291. The van der Waals surface area contributed by atoms with E-state index in [2.05, 4.69) is 37.5 Å². The van der Waals surface area contributed by atoms with Gasteiger partial charge >= 0.3 is 0 Å². The second-order valence-electron chi connectivity index (χ2n) is 7.75. The minimum Gasteiger partial charge on any atom is -0.329 e. The third kappa shape index (κ3) is 3.46. The zero-order valence-corrected chi connectivity index (χ0v) is 14.8. The van der Waals surface area contributed by atoms with E-state index >= 15 is 0 Å². The van der Waals surface area contributed by atoms with Gasteiger partial charge in [0, 0.05) is 31.2 Å². The van der Waals surface area contributed by atoms with E-state index in [4.69, 9.17) is 5.73 Å². The first kappa shape index (κ1) is 17.2. The van der Waals surface area contributed by atoms with Crippen LogP contribution in [0.3, 0.4) is 0 Å². The molecule has 0 aromatic heterocycles. The number of nitrogens with two attached hydrogens (primary N) is 1. The molecule has 124 valence electrons. The van der Waals surface area contributed by atoms with Crippen LogP contribution in [-0.4, -0.2) is 54.1 Å². The van der Waals surface area contributed by atoms with Crippen molar-refractivity contribution in [2.75, 3.05) is 32.7 Å². The van der Waals surface area contributed by atoms with Gasteiger partial charge in [0.1, 0.15) is 0 Å². The average Bonchev–Trinajstić information content (AvgIpc) is 2.55. The van der Waals surface area contributed by atoms with E-state index in [9.17, 15) is 0 Å². The van der Waals surface area contributed by atoms with Gasteiger partial charge in [0.25, 0.3) is 0 Å². The summed E-state index contributed by atoms with van der Waals surface area (Å²) < 4.78 is 0. The first-order valence-corrected chi connectivity index (χ1v) is 9.20. The molecular formula is C18H37N3. The maximum Gasteiger partial charge on any atom is 0.0356 e. The number of hydrogen-bond acceptors (Lipinski definition) is 3. The Kier molecular flexibility index (Phi) is 5.72. The molecule has 2 rings (SSSR count). The number of likely N-dealkylation sites (tertiary alicyclic amines) is 2. The molecule has 0 amide bonds. The Morgan fingerprint density at radius 1 is 0.905 bits per heavy atom. The van der Waals surface area contributed by atoms with Gasteiger partial charge < -0.3 is 10.6 Å². The Balaban J connectivity index is 1.97. The Morgan fingerprint density at radius 2 is 1.43 bits per heavy atom. The van der Waals surface area contributed by atoms with Gasteiger partial charge in [-0.2, -0.15) is 0 Å². The fourth-order valence-corrected chi connectivity index (χ4v) is 4.52. The highest BCUT2D eigenvalue weighted by atomic mass is 15.3. The van der Waals surface area contributed by atoms with Crippen molar-refractivity contribution in [3.8, 4) is 0 Å². The predicted molar refractivity (Wildman–Crippen MR) is 91.6 cm³/mol. The van der Waals surface area contributed by atoms with Gasteiger partial charge in [-0.1, -0.05) is 26.7 Å². The van der Waals surface area contributed by atoms with E-state index in [1.165, 1.54) is 64.7 Å². The maximum atomic E-state index is 6.26. The fraction of sp³-hybridized carbons (Fsp3) is 1.00. The summed E-state index contributed by atoms with van der Waals surface area (Å²) in [5.41, 5.74) is 7.17. The molecule has 0 aromatic carbocycles. The van der Waals surface area contributed by atoms with Crippen molar-refractivity contribution in [2.45, 2.75) is 77.8 Å². The molecule has 0 aliphatic carbocycles. The first-order valence-electron chi connectivity index (χ1n) is 9.20. The van der Waals surface area contributed by atoms with Crippen molar-refractivity contribution < 1.29 is 0 Å². The smallest absolute Gasteiger partial charge is 0.0356 e. The van der Waals surface area contributed by atoms with Crippen LogP contribution in [0, 0.1) is 5.41 Å². The number of rotatable bonds is 5. The van der Waals surface area contributed by atoms with Crippen molar-refractivity contribution in [3.05, 3.63) is 0 Å². The normalized spacial score (nSPS) is 27.1. The Hall–Kier alpha value is -0.120. The van der Waals surface area contributed by atoms with Crippen LogP contribution in [-0.2, 0) is 0 Å². The largest absolute Gasteiger partial charge is 0.329 e. The van der Waals surface area contributed by atoms with Crippen LogP contribution in [0.5, 0.6) is 0 Å². The molecule has 3 nitrogen and oxygen atoms in total. The number of nitrogens with zero attached hydrogens (tertiary/aromatic N) is 2. The third-order valence-electron chi connectivity index (χ3n) is 6.83. The average molecular weight is 296 g/mol. The maximum absolute atomic E-state index is 6.26. The van der Waals surface area contributed by atoms with Gasteiger partial charge in [0.15, 0.2) is 0 Å². The molecule has 2 fully saturated rings. The molecule has 0 saturated carbocycles. The van der Waals surface area contributed by atoms with Gasteiger partial charge in [-0.3, -0.25) is 4.90 Å². The minimum atomic E-state index is 0.291. The van der Waals surface area contributed by atoms with Crippen molar-refractivity contribution in [1.82, 2.24) is 9.80 Å². The Bertz CT molecular complexity index is 304. The molecule has 0 spiro atoms. The van der Waals surface area contributed by atoms with Crippen LogP contribution in [0.1, 0.15) is 66.2 Å². The zero-order chi connectivity index (χ0) is 15.5. The summed E-state index contributed by atoms with van der Waals surface area (Å²) in [4.78, 5) is 5.37. The molecule has 2 heterocycles. The summed E-state index contributed by atoms with van der Waals surface area (Å²) in [6, 6.07) is 0.676. The van der Waals surface area contributed by atoms with Crippen molar-refractivity contribution >= 4 is 0 Å². The highest BCUT2D eigenvalue weighted by Crippen LogP contribution is 2.41. The molecular weight excluding hydrogens is 258 g/mol. The number of hydrogen-bond donors (Lipinski definition) is 1. The SMILES string of the molecule is CCC1(CC)CCN(C2(CN)CCN(C(C)C)CC2)CC1. The molecule has 2 N–H and O–H groups in total. The standard InChI is InChI=1S/C18H37N3/c1-5-17(6-2)7-13-21(14-8-17)18(15-19)9-11-20(12-10-18)16(3)4/h16H,5-15,19H2,1-4H3. The lowest BCUT2D eigenvalue weighted by Crippen LogP contribution is -2.62. The van der Waals surface area contributed by atoms with E-state index in [1.54, 1.807) is 0 Å². The van der Waals surface area contributed by atoms with Crippen LogP contribution < -0.4 is 5.73 Å². The van der Waals surface area contributed by atoms with Crippen LogP contribution in [0.4, 0.5) is 0 Å². The molecule has 2 aliphatic rings. The first-order chi connectivity index (χ1) is 10.0. The lowest BCUT2D eigenvalue weighted by Gasteiger charge is -2.53. The second-order valence-corrected chi connectivity index (χ2v) is 7.75. The topological polar surface area (TPSA) is 32.5 Å². The van der Waals surface area contributed by atoms with Crippen LogP contribution in [0.2, 0.25) is 0 Å². The van der Waals surface area contributed by atoms with Crippen molar-refractivity contribution in [3.63, 3.8) is 0 Å². The van der Waals surface area contributed by atoms with E-state index in [1.807, 2.05) is 0 Å². The van der Waals surface area contributed by atoms with E-state index in [0.29, 0.717) is 17.0 Å². The molecule has 2 aliphatic heterocycles. The van der Waals surface area contributed by atoms with Crippen LogP contribution >= 0.6 is 0 Å². The molecule has 0 bridgehead atoms. The highest BCUT2D eigenvalue weighted by molar-refractivity contribution is 4.99. The molecule has 0 radical (unpaired) electrons. The fourth-order valence-electron chi connectivity index (χ4n) is 4.52. The van der Waals surface area contributed by atoms with E-state index in [0.717, 1.165) is 6.54 Å². The molecule has 3 heteroatoms. The lowest BCUT2D eigenvalue weighted by molar-refractivity contribution is -0.0232.